The van der Waals surface area contributed by atoms with Crippen molar-refractivity contribution in [1.82, 2.24) is 10.6 Å². The van der Waals surface area contributed by atoms with E-state index in [-0.39, 0.29) is 36.8 Å². The molecule has 3 N–H and O–H groups in total. The molecule has 1 aromatic rings. The fourth-order valence-electron chi connectivity index (χ4n) is 1.93. The molecule has 104 valence electrons. The van der Waals surface area contributed by atoms with Crippen LogP contribution in [0.4, 0.5) is 5.69 Å². The lowest BCUT2D eigenvalue weighted by molar-refractivity contribution is -0.125. The predicted molar refractivity (Wildman–Crippen MR) is 76.4 cm³/mol. The van der Waals surface area contributed by atoms with Crippen LogP contribution in [-0.4, -0.2) is 30.9 Å². The van der Waals surface area contributed by atoms with Crippen molar-refractivity contribution in [1.29, 1.82) is 0 Å². The van der Waals surface area contributed by atoms with Crippen LogP contribution in [0.2, 0.25) is 0 Å². The molecule has 2 amide bonds. The summed E-state index contributed by atoms with van der Waals surface area (Å²) in [5, 5.41) is 8.43. The van der Waals surface area contributed by atoms with E-state index in [4.69, 9.17) is 0 Å². The molecule has 0 radical (unpaired) electrons. The number of nitrogens with one attached hydrogen (secondary N) is 3. The summed E-state index contributed by atoms with van der Waals surface area (Å²) in [7, 11) is 0. The fourth-order valence-corrected chi connectivity index (χ4v) is 1.93. The number of carbonyl (C=O) groups excluding carboxylic acids is 2. The van der Waals surface area contributed by atoms with Crippen LogP contribution >= 0.6 is 12.4 Å². The first-order valence-electron chi connectivity index (χ1n) is 6.12. The Balaban J connectivity index is 0.00000180. The number of rotatable bonds is 4. The highest BCUT2D eigenvalue weighted by molar-refractivity contribution is 5.95. The van der Waals surface area contributed by atoms with Crippen molar-refractivity contribution < 1.29 is 9.59 Å². The van der Waals surface area contributed by atoms with Crippen LogP contribution in [0.5, 0.6) is 0 Å². The number of para-hydroxylation sites is 1. The van der Waals surface area contributed by atoms with Crippen molar-refractivity contribution in [3.05, 3.63) is 30.3 Å². The predicted octanol–water partition coefficient (Wildman–Crippen LogP) is 0.915. The van der Waals surface area contributed by atoms with Gasteiger partial charge < -0.3 is 16.0 Å². The SMILES string of the molecule is Cl.O=C(CNC(=O)C1CCCN1)Nc1ccccc1. The highest BCUT2D eigenvalue weighted by atomic mass is 35.5. The second-order valence-corrected chi connectivity index (χ2v) is 4.28. The molecule has 1 fully saturated rings. The number of carbonyl (C=O) groups is 2. The van der Waals surface area contributed by atoms with Gasteiger partial charge in [-0.2, -0.15) is 0 Å². The van der Waals surface area contributed by atoms with Crippen LogP contribution in [-0.2, 0) is 9.59 Å². The maximum absolute atomic E-state index is 11.6. The molecule has 1 unspecified atom stereocenters. The highest BCUT2D eigenvalue weighted by Crippen LogP contribution is 2.05. The van der Waals surface area contributed by atoms with Crippen LogP contribution in [0.1, 0.15) is 12.8 Å². The minimum atomic E-state index is -0.215. The third kappa shape index (κ3) is 4.89. The lowest BCUT2D eigenvalue weighted by Crippen LogP contribution is -2.43. The second kappa shape index (κ2) is 7.76. The molecule has 1 atom stereocenters. The molecule has 0 spiro atoms. The Morgan fingerprint density at radius 2 is 2.00 bits per heavy atom. The van der Waals surface area contributed by atoms with Crippen LogP contribution in [0.15, 0.2) is 30.3 Å². The minimum Gasteiger partial charge on any atom is -0.346 e. The van der Waals surface area contributed by atoms with Crippen molar-refractivity contribution in [2.75, 3.05) is 18.4 Å². The zero-order valence-electron chi connectivity index (χ0n) is 10.5. The second-order valence-electron chi connectivity index (χ2n) is 4.28. The van der Waals surface area contributed by atoms with Crippen LogP contribution in [0.25, 0.3) is 0 Å². The molecular weight excluding hydrogens is 266 g/mol. The van der Waals surface area contributed by atoms with Gasteiger partial charge in [0.25, 0.3) is 0 Å². The average Bonchev–Trinajstić information content (AvgIpc) is 2.91. The molecule has 19 heavy (non-hydrogen) atoms. The number of amides is 2. The van der Waals surface area contributed by atoms with Gasteiger partial charge in [-0.1, -0.05) is 18.2 Å². The standard InChI is InChI=1S/C13H17N3O2.ClH/c17-12(16-10-5-2-1-3-6-10)9-15-13(18)11-7-4-8-14-11;/h1-3,5-6,11,14H,4,7-9H2,(H,15,18)(H,16,17);1H. The van der Waals surface area contributed by atoms with Crippen LogP contribution < -0.4 is 16.0 Å². The zero-order valence-corrected chi connectivity index (χ0v) is 11.3. The first-order chi connectivity index (χ1) is 8.75. The molecule has 0 aliphatic carbocycles. The normalized spacial score (nSPS) is 17.4. The fraction of sp³-hybridized carbons (Fsp3) is 0.385. The van der Waals surface area contributed by atoms with Gasteiger partial charge in [0.1, 0.15) is 0 Å². The zero-order chi connectivity index (χ0) is 12.8. The van der Waals surface area contributed by atoms with Gasteiger partial charge in [0.2, 0.25) is 11.8 Å². The first kappa shape index (κ1) is 15.5. The van der Waals surface area contributed by atoms with Gasteiger partial charge in [-0.3, -0.25) is 9.59 Å². The number of halogens is 1. The molecule has 0 saturated carbocycles. The Hall–Kier alpha value is -1.59. The molecule has 1 saturated heterocycles. The highest BCUT2D eigenvalue weighted by Gasteiger charge is 2.21. The quantitative estimate of drug-likeness (QED) is 0.769. The van der Waals surface area contributed by atoms with Crippen molar-refractivity contribution in [2.24, 2.45) is 0 Å². The topological polar surface area (TPSA) is 70.2 Å². The first-order valence-corrected chi connectivity index (χ1v) is 6.12. The molecule has 0 aromatic heterocycles. The summed E-state index contributed by atoms with van der Waals surface area (Å²) < 4.78 is 0. The molecular formula is C13H18ClN3O2. The smallest absolute Gasteiger partial charge is 0.243 e. The average molecular weight is 284 g/mol. The van der Waals surface area contributed by atoms with E-state index in [0.29, 0.717) is 0 Å². The Kier molecular flexibility index (Phi) is 6.32. The Bertz CT molecular complexity index is 419. The number of hydrogen-bond donors (Lipinski definition) is 3. The summed E-state index contributed by atoms with van der Waals surface area (Å²) >= 11 is 0. The number of hydrogen-bond acceptors (Lipinski definition) is 3. The van der Waals surface area contributed by atoms with Gasteiger partial charge >= 0.3 is 0 Å². The summed E-state index contributed by atoms with van der Waals surface area (Å²) in [4.78, 5) is 23.2. The van der Waals surface area contributed by atoms with E-state index in [1.807, 2.05) is 18.2 Å². The van der Waals surface area contributed by atoms with Gasteiger partial charge in [0.05, 0.1) is 12.6 Å². The van der Waals surface area contributed by atoms with Gasteiger partial charge in [-0.25, -0.2) is 0 Å². The Labute approximate surface area is 118 Å². The monoisotopic (exact) mass is 283 g/mol. The molecule has 1 aromatic carbocycles. The van der Waals surface area contributed by atoms with Gasteiger partial charge in [-0.05, 0) is 31.5 Å². The summed E-state index contributed by atoms with van der Waals surface area (Å²) in [6.45, 7) is 0.875. The third-order valence-electron chi connectivity index (χ3n) is 2.86. The molecule has 1 aliphatic heterocycles. The van der Waals surface area contributed by atoms with E-state index in [0.717, 1.165) is 25.1 Å². The van der Waals surface area contributed by atoms with E-state index >= 15 is 0 Å². The maximum atomic E-state index is 11.6. The van der Waals surface area contributed by atoms with Crippen molar-refractivity contribution in [3.8, 4) is 0 Å². The van der Waals surface area contributed by atoms with Gasteiger partial charge in [-0.15, -0.1) is 12.4 Å². The number of benzene rings is 1. The van der Waals surface area contributed by atoms with Crippen molar-refractivity contribution in [3.63, 3.8) is 0 Å². The molecule has 2 rings (SSSR count). The van der Waals surface area contributed by atoms with Gasteiger partial charge in [0, 0.05) is 5.69 Å². The van der Waals surface area contributed by atoms with E-state index in [9.17, 15) is 9.59 Å². The van der Waals surface area contributed by atoms with E-state index in [1.165, 1.54) is 0 Å². The summed E-state index contributed by atoms with van der Waals surface area (Å²) in [6.07, 6.45) is 1.85. The van der Waals surface area contributed by atoms with E-state index in [1.54, 1.807) is 12.1 Å². The molecule has 0 bridgehead atoms. The summed E-state index contributed by atoms with van der Waals surface area (Å²) in [5.74, 6) is -0.316. The minimum absolute atomic E-state index is 0. The number of anilines is 1. The van der Waals surface area contributed by atoms with Crippen LogP contribution in [0.3, 0.4) is 0 Å². The Morgan fingerprint density at radius 1 is 1.26 bits per heavy atom. The summed E-state index contributed by atoms with van der Waals surface area (Å²) in [5.41, 5.74) is 0.732. The lowest BCUT2D eigenvalue weighted by Gasteiger charge is -2.11. The van der Waals surface area contributed by atoms with Crippen molar-refractivity contribution in [2.45, 2.75) is 18.9 Å². The van der Waals surface area contributed by atoms with E-state index in [2.05, 4.69) is 16.0 Å². The molecule has 1 aliphatic rings. The summed E-state index contributed by atoms with van der Waals surface area (Å²) in [6, 6.07) is 9.03. The maximum Gasteiger partial charge on any atom is 0.243 e. The van der Waals surface area contributed by atoms with Gasteiger partial charge in [0.15, 0.2) is 0 Å². The van der Waals surface area contributed by atoms with Crippen molar-refractivity contribution >= 4 is 29.9 Å². The molecule has 6 heteroatoms. The third-order valence-corrected chi connectivity index (χ3v) is 2.86. The van der Waals surface area contributed by atoms with Crippen LogP contribution in [0, 0.1) is 0 Å². The molecule has 1 heterocycles. The van der Waals surface area contributed by atoms with E-state index < -0.39 is 0 Å². The largest absolute Gasteiger partial charge is 0.346 e. The lowest BCUT2D eigenvalue weighted by atomic mass is 10.2. The molecule has 5 nitrogen and oxygen atoms in total. The Morgan fingerprint density at radius 3 is 2.63 bits per heavy atom.